The highest BCUT2D eigenvalue weighted by Crippen LogP contribution is 2.30. The summed E-state index contributed by atoms with van der Waals surface area (Å²) in [5.74, 6) is 0.717. The molecule has 6 heteroatoms. The first-order chi connectivity index (χ1) is 11.3. The van der Waals surface area contributed by atoms with Crippen LogP contribution in [-0.2, 0) is 0 Å². The molecule has 2 aromatic carbocycles. The standard InChI is InChI=1S/C17H14N6/c18-8-11-6-14-15(7-13(11)19)22-17(21-14)12-9-20-23-16(12)10-4-2-1-3-5-10/h1-9,18H,19H2,(H,20,23)(H,21,22). The van der Waals surface area contributed by atoms with E-state index in [1.807, 2.05) is 36.4 Å². The molecule has 4 rings (SSSR count). The van der Waals surface area contributed by atoms with Crippen molar-refractivity contribution in [2.75, 3.05) is 5.73 Å². The SMILES string of the molecule is N=Cc1cc2[nH]c(-c3cn[nH]c3-c3ccccc3)nc2cc1N. The summed E-state index contributed by atoms with van der Waals surface area (Å²) in [5, 5.41) is 14.6. The van der Waals surface area contributed by atoms with Gasteiger partial charge in [0.25, 0.3) is 0 Å². The number of nitrogen functional groups attached to an aromatic ring is 1. The van der Waals surface area contributed by atoms with E-state index in [9.17, 15) is 0 Å². The van der Waals surface area contributed by atoms with Gasteiger partial charge in [-0.2, -0.15) is 5.10 Å². The average molecular weight is 302 g/mol. The number of nitrogens with one attached hydrogen (secondary N) is 3. The fourth-order valence-electron chi connectivity index (χ4n) is 2.63. The van der Waals surface area contributed by atoms with E-state index in [2.05, 4.69) is 20.2 Å². The van der Waals surface area contributed by atoms with Crippen LogP contribution in [0.1, 0.15) is 5.56 Å². The molecule has 0 bridgehead atoms. The highest BCUT2D eigenvalue weighted by atomic mass is 15.1. The van der Waals surface area contributed by atoms with Gasteiger partial charge < -0.3 is 16.1 Å². The predicted molar refractivity (Wildman–Crippen MR) is 91.4 cm³/mol. The van der Waals surface area contributed by atoms with Crippen molar-refractivity contribution in [3.63, 3.8) is 0 Å². The maximum atomic E-state index is 7.40. The fraction of sp³-hybridized carbons (Fsp3) is 0. The molecule has 0 atom stereocenters. The molecule has 0 unspecified atom stereocenters. The molecule has 0 radical (unpaired) electrons. The van der Waals surface area contributed by atoms with Crippen LogP contribution in [0.4, 0.5) is 5.69 Å². The van der Waals surface area contributed by atoms with Crippen LogP contribution in [0.15, 0.2) is 48.7 Å². The number of rotatable bonds is 3. The highest BCUT2D eigenvalue weighted by Gasteiger charge is 2.14. The Morgan fingerprint density at radius 3 is 2.74 bits per heavy atom. The van der Waals surface area contributed by atoms with Gasteiger partial charge in [0, 0.05) is 23.0 Å². The number of nitrogens with zero attached hydrogens (tertiary/aromatic N) is 2. The molecule has 23 heavy (non-hydrogen) atoms. The highest BCUT2D eigenvalue weighted by molar-refractivity contribution is 5.94. The van der Waals surface area contributed by atoms with Crippen molar-refractivity contribution in [1.29, 1.82) is 5.41 Å². The number of hydrogen-bond donors (Lipinski definition) is 4. The van der Waals surface area contributed by atoms with E-state index in [0.29, 0.717) is 17.1 Å². The van der Waals surface area contributed by atoms with Gasteiger partial charge in [-0.05, 0) is 12.1 Å². The van der Waals surface area contributed by atoms with Crippen molar-refractivity contribution < 1.29 is 0 Å². The first kappa shape index (κ1) is 13.3. The number of H-pyrrole nitrogens is 2. The molecule has 0 amide bonds. The topological polar surface area (TPSA) is 107 Å². The molecular weight excluding hydrogens is 288 g/mol. The Morgan fingerprint density at radius 1 is 1.13 bits per heavy atom. The van der Waals surface area contributed by atoms with E-state index < -0.39 is 0 Å². The van der Waals surface area contributed by atoms with E-state index in [1.54, 1.807) is 12.3 Å². The Bertz CT molecular complexity index is 997. The van der Waals surface area contributed by atoms with Crippen LogP contribution in [0, 0.1) is 5.41 Å². The minimum atomic E-state index is 0.543. The molecule has 0 aliphatic carbocycles. The quantitative estimate of drug-likeness (QED) is 0.345. The molecular formula is C17H14N6. The molecule has 0 saturated carbocycles. The second kappa shape index (κ2) is 5.10. The van der Waals surface area contributed by atoms with Crippen LogP contribution in [0.25, 0.3) is 33.7 Å². The van der Waals surface area contributed by atoms with Gasteiger partial charge in [0.1, 0.15) is 5.82 Å². The number of aromatic amines is 2. The van der Waals surface area contributed by atoms with Crippen LogP contribution >= 0.6 is 0 Å². The van der Waals surface area contributed by atoms with Crippen molar-refractivity contribution in [2.45, 2.75) is 0 Å². The zero-order valence-corrected chi connectivity index (χ0v) is 12.2. The molecule has 6 nitrogen and oxygen atoms in total. The van der Waals surface area contributed by atoms with Gasteiger partial charge in [-0.15, -0.1) is 0 Å². The Kier molecular flexibility index (Phi) is 2.94. The summed E-state index contributed by atoms with van der Waals surface area (Å²) in [6.07, 6.45) is 2.99. The number of hydrogen-bond acceptors (Lipinski definition) is 4. The molecule has 5 N–H and O–H groups in total. The number of anilines is 1. The van der Waals surface area contributed by atoms with Crippen molar-refractivity contribution in [3.8, 4) is 22.6 Å². The summed E-state index contributed by atoms with van der Waals surface area (Å²) in [5.41, 5.74) is 11.6. The van der Waals surface area contributed by atoms with E-state index >= 15 is 0 Å². The molecule has 0 spiro atoms. The zero-order chi connectivity index (χ0) is 15.8. The fourth-order valence-corrected chi connectivity index (χ4v) is 2.63. The van der Waals surface area contributed by atoms with Crippen molar-refractivity contribution in [2.24, 2.45) is 0 Å². The first-order valence-electron chi connectivity index (χ1n) is 7.15. The summed E-state index contributed by atoms with van der Waals surface area (Å²) >= 11 is 0. The normalized spacial score (nSPS) is 11.0. The zero-order valence-electron chi connectivity index (χ0n) is 12.2. The van der Waals surface area contributed by atoms with E-state index in [1.165, 1.54) is 6.21 Å². The molecule has 2 aromatic heterocycles. The van der Waals surface area contributed by atoms with Crippen molar-refractivity contribution in [3.05, 3.63) is 54.2 Å². The molecule has 4 aromatic rings. The third-order valence-electron chi connectivity index (χ3n) is 3.80. The van der Waals surface area contributed by atoms with Gasteiger partial charge in [-0.3, -0.25) is 5.10 Å². The minimum absolute atomic E-state index is 0.543. The summed E-state index contributed by atoms with van der Waals surface area (Å²) in [6.45, 7) is 0. The van der Waals surface area contributed by atoms with Crippen LogP contribution < -0.4 is 5.73 Å². The second-order valence-corrected chi connectivity index (χ2v) is 5.25. The monoisotopic (exact) mass is 302 g/mol. The number of aromatic nitrogens is 4. The Labute approximate surface area is 131 Å². The van der Waals surface area contributed by atoms with Gasteiger partial charge in [0.05, 0.1) is 28.5 Å². The van der Waals surface area contributed by atoms with Gasteiger partial charge in [0.2, 0.25) is 0 Å². The molecule has 0 aliphatic heterocycles. The molecule has 0 fully saturated rings. The number of imidazole rings is 1. The maximum Gasteiger partial charge on any atom is 0.142 e. The smallest absolute Gasteiger partial charge is 0.142 e. The van der Waals surface area contributed by atoms with E-state index in [-0.39, 0.29) is 0 Å². The first-order valence-corrected chi connectivity index (χ1v) is 7.15. The Balaban J connectivity index is 1.88. The molecule has 2 heterocycles. The van der Waals surface area contributed by atoms with Gasteiger partial charge >= 0.3 is 0 Å². The molecule has 112 valence electrons. The lowest BCUT2D eigenvalue weighted by Gasteiger charge is -2.00. The van der Waals surface area contributed by atoms with Gasteiger partial charge in [-0.1, -0.05) is 30.3 Å². The summed E-state index contributed by atoms with van der Waals surface area (Å²) in [7, 11) is 0. The summed E-state index contributed by atoms with van der Waals surface area (Å²) in [4.78, 5) is 7.89. The van der Waals surface area contributed by atoms with Crippen molar-refractivity contribution in [1.82, 2.24) is 20.2 Å². The third-order valence-corrected chi connectivity index (χ3v) is 3.80. The predicted octanol–water partition coefficient (Wildman–Crippen LogP) is 3.20. The van der Waals surface area contributed by atoms with Crippen LogP contribution in [0.2, 0.25) is 0 Å². The Morgan fingerprint density at radius 2 is 1.96 bits per heavy atom. The minimum Gasteiger partial charge on any atom is -0.398 e. The third kappa shape index (κ3) is 2.17. The largest absolute Gasteiger partial charge is 0.398 e. The lowest BCUT2D eigenvalue weighted by Crippen LogP contribution is -1.92. The average Bonchev–Trinajstić information content (AvgIpc) is 3.20. The van der Waals surface area contributed by atoms with Gasteiger partial charge in [0.15, 0.2) is 0 Å². The van der Waals surface area contributed by atoms with Gasteiger partial charge in [-0.25, -0.2) is 4.98 Å². The summed E-state index contributed by atoms with van der Waals surface area (Å²) in [6, 6.07) is 13.6. The van der Waals surface area contributed by atoms with Crippen molar-refractivity contribution >= 4 is 22.9 Å². The summed E-state index contributed by atoms with van der Waals surface area (Å²) < 4.78 is 0. The van der Waals surface area contributed by atoms with Crippen LogP contribution in [0.3, 0.4) is 0 Å². The molecule has 0 aliphatic rings. The molecule has 0 saturated heterocycles. The van der Waals surface area contributed by atoms with E-state index in [0.717, 1.165) is 27.9 Å². The Hall–Kier alpha value is -3.41. The number of nitrogens with two attached hydrogens (primary N) is 1. The lowest BCUT2D eigenvalue weighted by atomic mass is 10.1. The van der Waals surface area contributed by atoms with E-state index in [4.69, 9.17) is 11.1 Å². The number of fused-ring (bicyclic) bond motifs is 1. The lowest BCUT2D eigenvalue weighted by molar-refractivity contribution is 1.10. The maximum absolute atomic E-state index is 7.40. The second-order valence-electron chi connectivity index (χ2n) is 5.25. The number of benzene rings is 2. The van der Waals surface area contributed by atoms with Crippen LogP contribution in [-0.4, -0.2) is 26.4 Å². The van der Waals surface area contributed by atoms with Crippen LogP contribution in [0.5, 0.6) is 0 Å².